The van der Waals surface area contributed by atoms with Crippen molar-refractivity contribution in [3.63, 3.8) is 0 Å². The predicted molar refractivity (Wildman–Crippen MR) is 73.6 cm³/mol. The number of rotatable bonds is 1. The number of hydrogen-bond donors (Lipinski definition) is 1. The van der Waals surface area contributed by atoms with Crippen LogP contribution >= 0.6 is 11.3 Å². The topological polar surface area (TPSA) is 34.2 Å². The maximum Gasteiger partial charge on any atom is 0.102 e. The van der Waals surface area contributed by atoms with E-state index in [2.05, 4.69) is 41.2 Å². The standard InChI is InChI=1S/C13H19N3S/c1-15-6-9(5-10(14)7-15)12-8-16(2)13-11(12)3-4-17-13/h3-4,8-10H,5-7,14H2,1-2H3. The number of hydrogen-bond acceptors (Lipinski definition) is 3. The fraction of sp³-hybridized carbons (Fsp3) is 0.538. The third-order valence-corrected chi connectivity index (χ3v) is 4.72. The Hall–Kier alpha value is -0.840. The van der Waals surface area contributed by atoms with Gasteiger partial charge >= 0.3 is 0 Å². The molecule has 3 rings (SSSR count). The van der Waals surface area contributed by atoms with Gasteiger partial charge in [-0.1, -0.05) is 0 Å². The van der Waals surface area contributed by atoms with Crippen molar-refractivity contribution in [1.82, 2.24) is 9.47 Å². The number of nitrogens with zero attached hydrogens (tertiary/aromatic N) is 2. The normalized spacial score (nSPS) is 26.8. The molecule has 0 radical (unpaired) electrons. The van der Waals surface area contributed by atoms with Gasteiger partial charge in [-0.25, -0.2) is 0 Å². The minimum absolute atomic E-state index is 0.313. The monoisotopic (exact) mass is 249 g/mol. The highest BCUT2D eigenvalue weighted by Gasteiger charge is 2.26. The fourth-order valence-electron chi connectivity index (χ4n) is 3.05. The fourth-order valence-corrected chi connectivity index (χ4v) is 3.91. The van der Waals surface area contributed by atoms with E-state index in [1.807, 2.05) is 11.3 Å². The molecule has 0 saturated carbocycles. The molecule has 3 heterocycles. The van der Waals surface area contributed by atoms with E-state index < -0.39 is 0 Å². The summed E-state index contributed by atoms with van der Waals surface area (Å²) in [5.41, 5.74) is 7.61. The molecule has 4 heteroatoms. The van der Waals surface area contributed by atoms with E-state index in [0.717, 1.165) is 19.5 Å². The van der Waals surface area contributed by atoms with Crippen molar-refractivity contribution in [3.05, 3.63) is 23.2 Å². The van der Waals surface area contributed by atoms with E-state index >= 15 is 0 Å². The predicted octanol–water partition coefficient (Wildman–Crippen LogP) is 1.99. The molecule has 1 fully saturated rings. The lowest BCUT2D eigenvalue weighted by molar-refractivity contribution is 0.227. The van der Waals surface area contributed by atoms with E-state index in [0.29, 0.717) is 12.0 Å². The van der Waals surface area contributed by atoms with Gasteiger partial charge in [0, 0.05) is 43.7 Å². The number of piperidine rings is 1. The number of nitrogens with two attached hydrogens (primary N) is 1. The molecule has 2 atom stereocenters. The summed E-state index contributed by atoms with van der Waals surface area (Å²) in [5, 5.41) is 3.60. The molecule has 17 heavy (non-hydrogen) atoms. The van der Waals surface area contributed by atoms with Gasteiger partial charge in [0.05, 0.1) is 0 Å². The Morgan fingerprint density at radius 1 is 1.35 bits per heavy atom. The number of thiophene rings is 1. The molecular weight excluding hydrogens is 230 g/mol. The SMILES string of the molecule is CN1CC(N)CC(c2cn(C)c3sccc23)C1. The van der Waals surface area contributed by atoms with E-state index in [9.17, 15) is 0 Å². The summed E-state index contributed by atoms with van der Waals surface area (Å²) in [6.07, 6.45) is 3.40. The minimum Gasteiger partial charge on any atom is -0.342 e. The summed E-state index contributed by atoms with van der Waals surface area (Å²) in [5.74, 6) is 0.585. The Balaban J connectivity index is 2.00. The van der Waals surface area contributed by atoms with Gasteiger partial charge in [0.25, 0.3) is 0 Å². The molecule has 1 saturated heterocycles. The largest absolute Gasteiger partial charge is 0.342 e. The number of aryl methyl sites for hydroxylation is 1. The Labute approximate surface area is 106 Å². The summed E-state index contributed by atoms with van der Waals surface area (Å²) >= 11 is 1.82. The van der Waals surface area contributed by atoms with Gasteiger partial charge in [-0.15, -0.1) is 11.3 Å². The first-order valence-electron chi connectivity index (χ1n) is 6.11. The smallest absolute Gasteiger partial charge is 0.102 e. The molecule has 0 amide bonds. The van der Waals surface area contributed by atoms with E-state index in [1.165, 1.54) is 15.8 Å². The van der Waals surface area contributed by atoms with Crippen molar-refractivity contribution >= 4 is 21.6 Å². The van der Waals surface area contributed by atoms with Crippen LogP contribution in [0.2, 0.25) is 0 Å². The van der Waals surface area contributed by atoms with Gasteiger partial charge in [0.15, 0.2) is 0 Å². The lowest BCUT2D eigenvalue weighted by atomic mass is 9.89. The van der Waals surface area contributed by atoms with Crippen LogP contribution in [0.4, 0.5) is 0 Å². The molecule has 2 unspecified atom stereocenters. The Morgan fingerprint density at radius 3 is 2.94 bits per heavy atom. The third kappa shape index (κ3) is 1.90. The highest BCUT2D eigenvalue weighted by Crippen LogP contribution is 2.34. The molecule has 92 valence electrons. The molecule has 3 nitrogen and oxygen atoms in total. The van der Waals surface area contributed by atoms with Crippen LogP contribution in [-0.4, -0.2) is 35.6 Å². The van der Waals surface area contributed by atoms with Crippen LogP contribution in [0.3, 0.4) is 0 Å². The zero-order chi connectivity index (χ0) is 12.0. The van der Waals surface area contributed by atoms with E-state index in [1.54, 1.807) is 0 Å². The first-order valence-corrected chi connectivity index (χ1v) is 6.99. The van der Waals surface area contributed by atoms with Gasteiger partial charge in [0.2, 0.25) is 0 Å². The van der Waals surface area contributed by atoms with Crippen molar-refractivity contribution in [2.45, 2.75) is 18.4 Å². The molecule has 2 aromatic rings. The first-order chi connectivity index (χ1) is 8.15. The molecule has 2 aromatic heterocycles. The zero-order valence-corrected chi connectivity index (χ0v) is 11.2. The summed E-state index contributed by atoms with van der Waals surface area (Å²) in [6, 6.07) is 2.56. The zero-order valence-electron chi connectivity index (χ0n) is 10.4. The average Bonchev–Trinajstić information content (AvgIpc) is 2.81. The van der Waals surface area contributed by atoms with Gasteiger partial charge < -0.3 is 15.2 Å². The van der Waals surface area contributed by atoms with Crippen molar-refractivity contribution in [2.75, 3.05) is 20.1 Å². The first kappa shape index (κ1) is 11.3. The highest BCUT2D eigenvalue weighted by atomic mass is 32.1. The summed E-state index contributed by atoms with van der Waals surface area (Å²) in [6.45, 7) is 2.15. The van der Waals surface area contributed by atoms with Crippen molar-refractivity contribution in [3.8, 4) is 0 Å². The molecule has 0 aromatic carbocycles. The maximum absolute atomic E-state index is 6.13. The highest BCUT2D eigenvalue weighted by molar-refractivity contribution is 7.16. The van der Waals surface area contributed by atoms with Crippen LogP contribution in [0, 0.1) is 0 Å². The van der Waals surface area contributed by atoms with Crippen molar-refractivity contribution < 1.29 is 0 Å². The summed E-state index contributed by atoms with van der Waals surface area (Å²) < 4.78 is 2.25. The number of likely N-dealkylation sites (tertiary alicyclic amines) is 1. The number of fused-ring (bicyclic) bond motifs is 1. The molecule has 0 spiro atoms. The maximum atomic E-state index is 6.13. The molecular formula is C13H19N3S. The number of likely N-dealkylation sites (N-methyl/N-ethyl adjacent to an activating group) is 1. The number of aromatic nitrogens is 1. The molecule has 0 bridgehead atoms. The summed E-state index contributed by atoms with van der Waals surface area (Å²) in [4.78, 5) is 3.73. The third-order valence-electron chi connectivity index (χ3n) is 3.71. The van der Waals surface area contributed by atoms with E-state index in [4.69, 9.17) is 5.73 Å². The second-order valence-corrected chi connectivity index (χ2v) is 6.14. The van der Waals surface area contributed by atoms with Crippen LogP contribution in [0.25, 0.3) is 10.2 Å². The lowest BCUT2D eigenvalue weighted by Gasteiger charge is -2.33. The minimum atomic E-state index is 0.313. The Bertz CT molecular complexity index is 518. The van der Waals surface area contributed by atoms with Crippen LogP contribution in [0.5, 0.6) is 0 Å². The van der Waals surface area contributed by atoms with Gasteiger partial charge in [-0.3, -0.25) is 0 Å². The van der Waals surface area contributed by atoms with Crippen molar-refractivity contribution in [1.29, 1.82) is 0 Å². The van der Waals surface area contributed by atoms with Crippen molar-refractivity contribution in [2.24, 2.45) is 12.8 Å². The van der Waals surface area contributed by atoms with Gasteiger partial charge in [-0.05, 0) is 30.5 Å². The Morgan fingerprint density at radius 2 is 2.18 bits per heavy atom. The second kappa shape index (κ2) is 4.12. The molecule has 2 N–H and O–H groups in total. The van der Waals surface area contributed by atoms with Crippen LogP contribution in [0.1, 0.15) is 17.9 Å². The van der Waals surface area contributed by atoms with Crippen LogP contribution in [0.15, 0.2) is 17.6 Å². The molecule has 1 aliphatic rings. The van der Waals surface area contributed by atoms with E-state index in [-0.39, 0.29) is 0 Å². The lowest BCUT2D eigenvalue weighted by Crippen LogP contribution is -2.44. The van der Waals surface area contributed by atoms with Gasteiger partial charge in [0.1, 0.15) is 4.83 Å². The summed E-state index contributed by atoms with van der Waals surface area (Å²) in [7, 11) is 4.30. The van der Waals surface area contributed by atoms with Crippen LogP contribution < -0.4 is 5.73 Å². The van der Waals surface area contributed by atoms with Gasteiger partial charge in [-0.2, -0.15) is 0 Å². The second-order valence-electron chi connectivity index (χ2n) is 5.25. The quantitative estimate of drug-likeness (QED) is 0.838. The molecule has 0 aliphatic carbocycles. The molecule has 1 aliphatic heterocycles. The average molecular weight is 249 g/mol. The Kier molecular flexibility index (Phi) is 2.73. The van der Waals surface area contributed by atoms with Crippen LogP contribution in [-0.2, 0) is 7.05 Å².